The van der Waals surface area contributed by atoms with Crippen LogP contribution in [0.25, 0.3) is 0 Å². The van der Waals surface area contributed by atoms with E-state index in [1.807, 2.05) is 0 Å². The van der Waals surface area contributed by atoms with Gasteiger partial charge in [0.25, 0.3) is 5.60 Å². The molecule has 3 rings (SSSR count). The molecule has 0 aromatic carbocycles. The van der Waals surface area contributed by atoms with Gasteiger partial charge >= 0.3 is 18.3 Å². The molecule has 6 atom stereocenters. The first-order chi connectivity index (χ1) is 16.3. The minimum Gasteiger partial charge on any atom is -0.455 e. The van der Waals surface area contributed by atoms with Crippen molar-refractivity contribution in [1.29, 1.82) is 0 Å². The highest BCUT2D eigenvalue weighted by Crippen LogP contribution is 2.62. The number of hydrogen-bond donors (Lipinski definition) is 0. The first-order valence-corrected chi connectivity index (χ1v) is 13.3. The summed E-state index contributed by atoms with van der Waals surface area (Å²) in [4.78, 5) is 12.7. The van der Waals surface area contributed by atoms with Crippen LogP contribution in [0.4, 0.5) is 26.3 Å². The van der Waals surface area contributed by atoms with Gasteiger partial charge in [-0.2, -0.15) is 26.3 Å². The third-order valence-electron chi connectivity index (χ3n) is 9.60. The van der Waals surface area contributed by atoms with Crippen LogP contribution in [0.2, 0.25) is 0 Å². The van der Waals surface area contributed by atoms with Gasteiger partial charge in [0.15, 0.2) is 5.60 Å². The Morgan fingerprint density at radius 3 is 1.94 bits per heavy atom. The van der Waals surface area contributed by atoms with Crippen molar-refractivity contribution in [3.05, 3.63) is 0 Å². The Labute approximate surface area is 211 Å². The summed E-state index contributed by atoms with van der Waals surface area (Å²) in [5.74, 6) is 0.382. The van der Waals surface area contributed by atoms with Crippen LogP contribution < -0.4 is 0 Å². The molecule has 0 aliphatic heterocycles. The highest BCUT2D eigenvalue weighted by Gasteiger charge is 2.81. The van der Waals surface area contributed by atoms with Gasteiger partial charge in [0.05, 0.1) is 11.5 Å². The van der Waals surface area contributed by atoms with E-state index in [4.69, 9.17) is 9.47 Å². The van der Waals surface area contributed by atoms with Crippen molar-refractivity contribution < 1.29 is 40.6 Å². The quantitative estimate of drug-likeness (QED) is 0.224. The number of alkyl halides is 6. The summed E-state index contributed by atoms with van der Waals surface area (Å²) in [6.45, 7) is 8.98. The minimum absolute atomic E-state index is 0.0469. The molecule has 0 aromatic heterocycles. The number of ether oxygens (including phenoxy) is 2. The third kappa shape index (κ3) is 4.91. The molecule has 3 aliphatic carbocycles. The monoisotopic (exact) mass is 528 g/mol. The molecule has 210 valence electrons. The maximum atomic E-state index is 14.6. The first-order valence-electron chi connectivity index (χ1n) is 13.3. The normalized spacial score (nSPS) is 30.1. The van der Waals surface area contributed by atoms with Gasteiger partial charge in [-0.15, -0.1) is 0 Å². The highest BCUT2D eigenvalue weighted by molar-refractivity contribution is 5.76. The zero-order valence-corrected chi connectivity index (χ0v) is 22.5. The van der Waals surface area contributed by atoms with Gasteiger partial charge in [-0.3, -0.25) is 4.79 Å². The number of carbonyl (C=O) groups is 1. The molecule has 0 N–H and O–H groups in total. The molecular formula is C27H42F6O3. The molecule has 3 aliphatic rings. The van der Waals surface area contributed by atoms with Gasteiger partial charge in [0, 0.05) is 0 Å². The van der Waals surface area contributed by atoms with Gasteiger partial charge in [0.1, 0.15) is 0 Å². The predicted octanol–water partition coefficient (Wildman–Crippen LogP) is 8.11. The number of carbonyl (C=O) groups excluding carboxylic acids is 1. The summed E-state index contributed by atoms with van der Waals surface area (Å²) in [5, 5.41) is 0. The van der Waals surface area contributed by atoms with Crippen molar-refractivity contribution in [3.8, 4) is 0 Å². The molecule has 6 unspecified atom stereocenters. The highest BCUT2D eigenvalue weighted by atomic mass is 19.4. The summed E-state index contributed by atoms with van der Waals surface area (Å²) in [6, 6.07) is 0. The second-order valence-corrected chi connectivity index (χ2v) is 12.9. The Kier molecular flexibility index (Phi) is 7.91. The molecule has 0 saturated heterocycles. The van der Waals surface area contributed by atoms with Crippen LogP contribution in [0.5, 0.6) is 0 Å². The fraction of sp³-hybridized carbons (Fsp3) is 0.963. The lowest BCUT2D eigenvalue weighted by atomic mass is 9.73. The Balaban J connectivity index is 1.95. The number of esters is 1. The lowest BCUT2D eigenvalue weighted by molar-refractivity contribution is -0.430. The van der Waals surface area contributed by atoms with E-state index in [9.17, 15) is 31.1 Å². The molecular weight excluding hydrogens is 486 g/mol. The van der Waals surface area contributed by atoms with E-state index in [0.29, 0.717) is 37.5 Å². The van der Waals surface area contributed by atoms with Crippen molar-refractivity contribution in [2.24, 2.45) is 40.9 Å². The van der Waals surface area contributed by atoms with Crippen LogP contribution in [0.15, 0.2) is 0 Å². The molecule has 3 saturated carbocycles. The topological polar surface area (TPSA) is 35.5 Å². The average Bonchev–Trinajstić information content (AvgIpc) is 3.41. The van der Waals surface area contributed by atoms with Gasteiger partial charge in [0.2, 0.25) is 0 Å². The SMILES string of the molecule is CCC(C)(C)C(=O)OC(C)(C)C(OC(CC1CC2CC1C1CCCC21)C(C)C)(C(F)(F)F)C(F)(F)F. The third-order valence-corrected chi connectivity index (χ3v) is 9.60. The molecule has 2 bridgehead atoms. The van der Waals surface area contributed by atoms with E-state index >= 15 is 0 Å². The second-order valence-electron chi connectivity index (χ2n) is 12.9. The zero-order chi connectivity index (χ0) is 27.5. The van der Waals surface area contributed by atoms with Gasteiger partial charge in [-0.1, -0.05) is 27.2 Å². The molecule has 36 heavy (non-hydrogen) atoms. The Morgan fingerprint density at radius 2 is 1.44 bits per heavy atom. The Hall–Kier alpha value is -0.990. The van der Waals surface area contributed by atoms with Gasteiger partial charge in [-0.05, 0) is 102 Å². The number of hydrogen-bond acceptors (Lipinski definition) is 3. The van der Waals surface area contributed by atoms with Crippen molar-refractivity contribution in [1.82, 2.24) is 0 Å². The van der Waals surface area contributed by atoms with Crippen molar-refractivity contribution in [3.63, 3.8) is 0 Å². The molecule has 0 spiro atoms. The maximum absolute atomic E-state index is 14.6. The van der Waals surface area contributed by atoms with E-state index in [-0.39, 0.29) is 18.8 Å². The van der Waals surface area contributed by atoms with E-state index in [2.05, 4.69) is 0 Å². The van der Waals surface area contributed by atoms with Crippen LogP contribution in [0, 0.1) is 40.9 Å². The predicted molar refractivity (Wildman–Crippen MR) is 124 cm³/mol. The van der Waals surface area contributed by atoms with Gasteiger partial charge < -0.3 is 9.47 Å². The van der Waals surface area contributed by atoms with Crippen molar-refractivity contribution >= 4 is 5.97 Å². The summed E-state index contributed by atoms with van der Waals surface area (Å²) in [5.41, 5.74) is -8.97. The van der Waals surface area contributed by atoms with Crippen LogP contribution in [0.1, 0.15) is 93.4 Å². The molecule has 3 fully saturated rings. The molecule has 0 amide bonds. The summed E-state index contributed by atoms with van der Waals surface area (Å²) in [6.07, 6.45) is -7.42. The summed E-state index contributed by atoms with van der Waals surface area (Å²) < 4.78 is 98.1. The van der Waals surface area contributed by atoms with E-state index < -0.39 is 47.0 Å². The van der Waals surface area contributed by atoms with E-state index in [0.717, 1.165) is 25.7 Å². The van der Waals surface area contributed by atoms with Crippen LogP contribution >= 0.6 is 0 Å². The number of rotatable bonds is 9. The largest absolute Gasteiger partial charge is 0.455 e. The minimum atomic E-state index is -5.87. The average molecular weight is 529 g/mol. The lowest BCUT2D eigenvalue weighted by Crippen LogP contribution is -2.72. The fourth-order valence-corrected chi connectivity index (χ4v) is 7.17. The molecule has 0 aromatic rings. The van der Waals surface area contributed by atoms with Crippen molar-refractivity contribution in [2.45, 2.75) is 123 Å². The number of fused-ring (bicyclic) bond motifs is 5. The number of halogens is 6. The molecule has 0 heterocycles. The Bertz CT molecular complexity index is 786. The molecule has 3 nitrogen and oxygen atoms in total. The second kappa shape index (κ2) is 9.64. The fourth-order valence-electron chi connectivity index (χ4n) is 7.17. The van der Waals surface area contributed by atoms with Crippen LogP contribution in [-0.2, 0) is 14.3 Å². The molecule has 0 radical (unpaired) electrons. The first kappa shape index (κ1) is 29.6. The van der Waals surface area contributed by atoms with Crippen LogP contribution in [-0.4, -0.2) is 35.6 Å². The molecule has 9 heteroatoms. The maximum Gasteiger partial charge on any atom is 0.430 e. The Morgan fingerprint density at radius 1 is 0.889 bits per heavy atom. The summed E-state index contributed by atoms with van der Waals surface area (Å²) >= 11 is 0. The van der Waals surface area contributed by atoms with Gasteiger partial charge in [-0.25, -0.2) is 0 Å². The zero-order valence-electron chi connectivity index (χ0n) is 22.5. The smallest absolute Gasteiger partial charge is 0.430 e. The van der Waals surface area contributed by atoms with Crippen LogP contribution in [0.3, 0.4) is 0 Å². The summed E-state index contributed by atoms with van der Waals surface area (Å²) in [7, 11) is 0. The standard InChI is InChI=1S/C27H42F6O3/c1-8-23(4,5)22(34)36-24(6,7)25(26(28,29)30,27(31,32)33)35-21(15(2)3)14-17-12-16-13-20(17)19-11-9-10-18(16)19/h15-21H,8-14H2,1-7H3. The van der Waals surface area contributed by atoms with E-state index in [1.165, 1.54) is 20.3 Å². The lowest BCUT2D eigenvalue weighted by Gasteiger charge is -2.49. The van der Waals surface area contributed by atoms with Crippen molar-refractivity contribution in [2.75, 3.05) is 0 Å². The van der Waals surface area contributed by atoms with E-state index in [1.54, 1.807) is 20.8 Å².